The Morgan fingerprint density at radius 3 is 2.57 bits per heavy atom. The Hall–Kier alpha value is -2.45. The number of fused-ring (bicyclic) bond motifs is 5. The van der Waals surface area contributed by atoms with Crippen molar-refractivity contribution in [3.8, 4) is 0 Å². The second-order valence-electron chi connectivity index (χ2n) is 11.6. The molecule has 7 nitrogen and oxygen atoms in total. The van der Waals surface area contributed by atoms with E-state index in [2.05, 4.69) is 0 Å². The lowest BCUT2D eigenvalue weighted by Crippen LogP contribution is -2.70. The molecule has 3 saturated carbocycles. The predicted molar refractivity (Wildman–Crippen MR) is 132 cm³/mol. The van der Waals surface area contributed by atoms with Gasteiger partial charge in [-0.3, -0.25) is 4.79 Å². The SMILES string of the molecule is COC(=O)[C@@]1(OC(=O)c2cc(C)co2)[C@H](C)CC2C3C[C@H](F)C4=CC(=O)C=C[C@]4(C)[C@@]3(Cl)[C@@H](O)C[C@@]21C. The average molecular weight is 535 g/mol. The van der Waals surface area contributed by atoms with Gasteiger partial charge in [-0.1, -0.05) is 26.8 Å². The van der Waals surface area contributed by atoms with Gasteiger partial charge >= 0.3 is 11.9 Å². The maximum absolute atomic E-state index is 15.8. The number of furan rings is 1. The molecule has 5 rings (SSSR count). The molecule has 4 aliphatic carbocycles. The smallest absolute Gasteiger partial charge is 0.375 e. The zero-order valence-corrected chi connectivity index (χ0v) is 22.3. The normalized spacial score (nSPS) is 44.4. The molecular formula is C28H32ClFO7. The first-order valence-electron chi connectivity index (χ1n) is 12.6. The molecule has 4 aliphatic rings. The van der Waals surface area contributed by atoms with E-state index in [0.29, 0.717) is 6.42 Å². The van der Waals surface area contributed by atoms with Crippen molar-refractivity contribution in [2.45, 2.75) is 69.7 Å². The van der Waals surface area contributed by atoms with Gasteiger partial charge in [-0.15, -0.1) is 11.6 Å². The van der Waals surface area contributed by atoms with Crippen molar-refractivity contribution >= 4 is 29.3 Å². The number of alkyl halides is 2. The summed E-state index contributed by atoms with van der Waals surface area (Å²) < 4.78 is 32.3. The summed E-state index contributed by atoms with van der Waals surface area (Å²) >= 11 is 7.38. The van der Waals surface area contributed by atoms with Crippen molar-refractivity contribution in [1.82, 2.24) is 0 Å². The highest BCUT2D eigenvalue weighted by Gasteiger charge is 2.78. The summed E-state index contributed by atoms with van der Waals surface area (Å²) in [5.74, 6) is -3.42. The Labute approximate surface area is 220 Å². The molecule has 9 atom stereocenters. The van der Waals surface area contributed by atoms with E-state index < -0.39 is 63.3 Å². The number of methoxy groups -OCH3 is 1. The molecule has 0 saturated heterocycles. The quantitative estimate of drug-likeness (QED) is 0.450. The molecule has 2 unspecified atom stereocenters. The van der Waals surface area contributed by atoms with Gasteiger partial charge in [0.15, 0.2) is 5.78 Å². The van der Waals surface area contributed by atoms with Crippen LogP contribution in [0.3, 0.4) is 0 Å². The first kappa shape index (κ1) is 26.2. The van der Waals surface area contributed by atoms with E-state index in [1.807, 2.05) is 0 Å². The number of aliphatic hydroxyl groups is 1. The molecule has 1 N–H and O–H groups in total. The molecule has 200 valence electrons. The molecular weight excluding hydrogens is 503 g/mol. The third-order valence-electron chi connectivity index (χ3n) is 9.84. The lowest BCUT2D eigenvalue weighted by molar-refractivity contribution is -0.199. The second-order valence-corrected chi connectivity index (χ2v) is 12.2. The van der Waals surface area contributed by atoms with E-state index in [9.17, 15) is 19.5 Å². The Morgan fingerprint density at radius 1 is 1.24 bits per heavy atom. The standard InChI is InChI=1S/C28H32ClFO7/c1-14-8-21(36-13-14)23(33)37-28(24(34)35-5)15(2)9-17-18-11-20(30)19-10-16(31)6-7-25(19,3)27(18,29)22(32)12-26(17,28)4/h6-8,10,13,15,17-18,20,22,32H,9,11-12H2,1-5H3/t15-,17?,18?,20+,22+,25+,26+,27+,28+/m1/s1. The van der Waals surface area contributed by atoms with Crippen LogP contribution in [0, 0.1) is 35.5 Å². The van der Waals surface area contributed by atoms with Crippen molar-refractivity contribution in [1.29, 1.82) is 0 Å². The number of carbonyl (C=O) groups excluding carboxylic acids is 3. The minimum Gasteiger partial charge on any atom is -0.466 e. The van der Waals surface area contributed by atoms with Gasteiger partial charge in [-0.25, -0.2) is 14.0 Å². The van der Waals surface area contributed by atoms with E-state index >= 15 is 4.39 Å². The van der Waals surface area contributed by atoms with E-state index in [0.717, 1.165) is 5.56 Å². The number of allylic oxidation sites excluding steroid dienone is 4. The fourth-order valence-electron chi connectivity index (χ4n) is 8.10. The number of ketones is 1. The molecule has 0 bridgehead atoms. The Balaban J connectivity index is 1.63. The van der Waals surface area contributed by atoms with Crippen LogP contribution in [0.4, 0.5) is 4.39 Å². The minimum absolute atomic E-state index is 0.00315. The summed E-state index contributed by atoms with van der Waals surface area (Å²) in [4.78, 5) is 37.5. The number of carbonyl (C=O) groups is 3. The number of halogens is 2. The monoisotopic (exact) mass is 534 g/mol. The average Bonchev–Trinajstić information content (AvgIpc) is 3.37. The summed E-state index contributed by atoms with van der Waals surface area (Å²) in [6, 6.07) is 1.52. The number of esters is 2. The molecule has 1 heterocycles. The van der Waals surface area contributed by atoms with Gasteiger partial charge in [0.25, 0.3) is 0 Å². The highest BCUT2D eigenvalue weighted by molar-refractivity contribution is 6.26. The van der Waals surface area contributed by atoms with E-state index in [1.54, 1.807) is 33.8 Å². The van der Waals surface area contributed by atoms with Crippen LogP contribution < -0.4 is 0 Å². The largest absolute Gasteiger partial charge is 0.466 e. The number of aliphatic hydroxyl groups excluding tert-OH is 1. The maximum atomic E-state index is 15.8. The van der Waals surface area contributed by atoms with Crippen molar-refractivity contribution in [3.05, 3.63) is 47.5 Å². The van der Waals surface area contributed by atoms with Crippen molar-refractivity contribution in [3.63, 3.8) is 0 Å². The van der Waals surface area contributed by atoms with Crippen LogP contribution in [0.25, 0.3) is 0 Å². The summed E-state index contributed by atoms with van der Waals surface area (Å²) in [6.45, 7) is 7.10. The topological polar surface area (TPSA) is 103 Å². The zero-order valence-electron chi connectivity index (χ0n) is 21.5. The third kappa shape index (κ3) is 3.18. The molecule has 9 heteroatoms. The molecule has 1 aromatic rings. The van der Waals surface area contributed by atoms with Gasteiger partial charge in [0.2, 0.25) is 11.4 Å². The van der Waals surface area contributed by atoms with Crippen LogP contribution in [0.1, 0.15) is 56.2 Å². The van der Waals surface area contributed by atoms with Gasteiger partial charge < -0.3 is 19.0 Å². The molecule has 37 heavy (non-hydrogen) atoms. The molecule has 0 amide bonds. The summed E-state index contributed by atoms with van der Waals surface area (Å²) in [6.07, 6.45) is 3.37. The summed E-state index contributed by atoms with van der Waals surface area (Å²) in [7, 11) is 1.23. The van der Waals surface area contributed by atoms with Gasteiger partial charge in [0, 0.05) is 16.7 Å². The lowest BCUT2D eigenvalue weighted by atomic mass is 9.45. The highest BCUT2D eigenvalue weighted by atomic mass is 35.5. The fourth-order valence-corrected chi connectivity index (χ4v) is 8.59. The van der Waals surface area contributed by atoms with Gasteiger partial charge in [-0.05, 0) is 67.4 Å². The first-order valence-corrected chi connectivity index (χ1v) is 13.0. The minimum atomic E-state index is -1.76. The van der Waals surface area contributed by atoms with E-state index in [-0.39, 0.29) is 30.0 Å². The van der Waals surface area contributed by atoms with Crippen molar-refractivity contribution in [2.75, 3.05) is 7.11 Å². The number of aryl methyl sites for hydroxylation is 1. The van der Waals surface area contributed by atoms with Crippen LogP contribution in [0.2, 0.25) is 0 Å². The Morgan fingerprint density at radius 2 is 1.95 bits per heavy atom. The number of rotatable bonds is 3. The predicted octanol–water partition coefficient (Wildman–Crippen LogP) is 4.49. The first-order chi connectivity index (χ1) is 17.3. The molecule has 0 spiro atoms. The third-order valence-corrected chi connectivity index (χ3v) is 10.8. The van der Waals surface area contributed by atoms with Crippen LogP contribution in [0.15, 0.2) is 40.5 Å². The molecule has 0 aromatic carbocycles. The Kier molecular flexibility index (Phi) is 5.85. The molecule has 0 aliphatic heterocycles. The van der Waals surface area contributed by atoms with Crippen LogP contribution >= 0.6 is 11.6 Å². The molecule has 3 fully saturated rings. The van der Waals surface area contributed by atoms with E-state index in [4.69, 9.17) is 25.5 Å². The van der Waals surface area contributed by atoms with Crippen LogP contribution in [-0.4, -0.2) is 52.7 Å². The number of hydrogen-bond acceptors (Lipinski definition) is 7. The number of hydrogen-bond donors (Lipinski definition) is 1. The summed E-state index contributed by atoms with van der Waals surface area (Å²) in [5, 5.41) is 11.7. The summed E-state index contributed by atoms with van der Waals surface area (Å²) in [5.41, 5.74) is -3.02. The number of ether oxygens (including phenoxy) is 2. The lowest BCUT2D eigenvalue weighted by Gasteiger charge is -2.64. The van der Waals surface area contributed by atoms with Crippen molar-refractivity contribution in [2.24, 2.45) is 28.6 Å². The highest BCUT2D eigenvalue weighted by Crippen LogP contribution is 2.72. The molecule has 1 aromatic heterocycles. The van der Waals surface area contributed by atoms with E-state index in [1.165, 1.54) is 31.6 Å². The molecule has 0 radical (unpaired) electrons. The van der Waals surface area contributed by atoms with Crippen molar-refractivity contribution < 1.29 is 37.8 Å². The fraction of sp³-hybridized carbons (Fsp3) is 0.607. The zero-order chi connectivity index (χ0) is 27.1. The van der Waals surface area contributed by atoms with Gasteiger partial charge in [0.1, 0.15) is 6.17 Å². The maximum Gasteiger partial charge on any atom is 0.375 e. The van der Waals surface area contributed by atoms with Crippen LogP contribution in [0.5, 0.6) is 0 Å². The van der Waals surface area contributed by atoms with Crippen LogP contribution in [-0.2, 0) is 19.1 Å². The van der Waals surface area contributed by atoms with Gasteiger partial charge in [-0.2, -0.15) is 0 Å². The Bertz CT molecular complexity index is 1240. The second kappa shape index (κ2) is 8.27. The van der Waals surface area contributed by atoms with Gasteiger partial charge in [0.05, 0.1) is 24.4 Å².